The SMILES string of the molecule is O=C(O)c1cncnc1NCCc1cc[nH]c1. The van der Waals surface area contributed by atoms with Crippen LogP contribution < -0.4 is 5.32 Å². The van der Waals surface area contributed by atoms with Crippen molar-refractivity contribution >= 4 is 11.8 Å². The highest BCUT2D eigenvalue weighted by Gasteiger charge is 2.10. The molecule has 2 aromatic rings. The van der Waals surface area contributed by atoms with Crippen LogP contribution in [0.4, 0.5) is 5.82 Å². The molecule has 2 aromatic heterocycles. The van der Waals surface area contributed by atoms with Gasteiger partial charge in [0.2, 0.25) is 0 Å². The van der Waals surface area contributed by atoms with Gasteiger partial charge in [-0.1, -0.05) is 0 Å². The van der Waals surface area contributed by atoms with Gasteiger partial charge in [-0.05, 0) is 18.1 Å². The van der Waals surface area contributed by atoms with Crippen molar-refractivity contribution in [1.82, 2.24) is 15.0 Å². The summed E-state index contributed by atoms with van der Waals surface area (Å²) < 4.78 is 0. The van der Waals surface area contributed by atoms with Crippen molar-refractivity contribution in [2.75, 3.05) is 11.9 Å². The monoisotopic (exact) mass is 232 g/mol. The number of aromatic carboxylic acids is 1. The molecule has 0 aliphatic heterocycles. The van der Waals surface area contributed by atoms with Crippen molar-refractivity contribution in [1.29, 1.82) is 0 Å². The number of hydrogen-bond donors (Lipinski definition) is 3. The van der Waals surface area contributed by atoms with Crippen molar-refractivity contribution in [3.8, 4) is 0 Å². The van der Waals surface area contributed by atoms with Gasteiger partial charge in [0.25, 0.3) is 0 Å². The Hall–Kier alpha value is -2.37. The lowest BCUT2D eigenvalue weighted by atomic mass is 10.2. The van der Waals surface area contributed by atoms with Crippen LogP contribution in [0.2, 0.25) is 0 Å². The number of rotatable bonds is 5. The molecule has 0 aliphatic rings. The van der Waals surface area contributed by atoms with Gasteiger partial charge in [-0.3, -0.25) is 0 Å². The van der Waals surface area contributed by atoms with Crippen molar-refractivity contribution in [3.05, 3.63) is 42.1 Å². The molecular formula is C11H12N4O2. The normalized spacial score (nSPS) is 10.1. The van der Waals surface area contributed by atoms with E-state index >= 15 is 0 Å². The van der Waals surface area contributed by atoms with Crippen LogP contribution in [0.5, 0.6) is 0 Å². The molecule has 0 spiro atoms. The van der Waals surface area contributed by atoms with Crippen molar-refractivity contribution in [3.63, 3.8) is 0 Å². The first-order valence-corrected chi connectivity index (χ1v) is 5.16. The van der Waals surface area contributed by atoms with E-state index in [1.807, 2.05) is 18.5 Å². The molecule has 2 rings (SSSR count). The summed E-state index contributed by atoms with van der Waals surface area (Å²) in [7, 11) is 0. The summed E-state index contributed by atoms with van der Waals surface area (Å²) in [6.07, 6.45) is 7.16. The Kier molecular flexibility index (Phi) is 3.34. The molecule has 0 amide bonds. The lowest BCUT2D eigenvalue weighted by Crippen LogP contribution is -2.11. The van der Waals surface area contributed by atoms with E-state index in [9.17, 15) is 4.79 Å². The molecule has 17 heavy (non-hydrogen) atoms. The zero-order valence-electron chi connectivity index (χ0n) is 9.05. The minimum Gasteiger partial charge on any atom is -0.477 e. The van der Waals surface area contributed by atoms with E-state index in [4.69, 9.17) is 5.11 Å². The van der Waals surface area contributed by atoms with Gasteiger partial charge in [0, 0.05) is 25.1 Å². The fourth-order valence-corrected chi connectivity index (χ4v) is 1.47. The number of nitrogens with one attached hydrogen (secondary N) is 2. The topological polar surface area (TPSA) is 90.9 Å². The van der Waals surface area contributed by atoms with E-state index in [0.29, 0.717) is 12.4 Å². The van der Waals surface area contributed by atoms with Crippen LogP contribution in [-0.2, 0) is 6.42 Å². The summed E-state index contributed by atoms with van der Waals surface area (Å²) in [6.45, 7) is 0.620. The first kappa shape index (κ1) is 11.1. The van der Waals surface area contributed by atoms with E-state index < -0.39 is 5.97 Å². The lowest BCUT2D eigenvalue weighted by Gasteiger charge is -2.06. The maximum absolute atomic E-state index is 10.9. The quantitative estimate of drug-likeness (QED) is 0.719. The predicted octanol–water partition coefficient (Wildman–Crippen LogP) is 1.16. The van der Waals surface area contributed by atoms with Gasteiger partial charge in [0.1, 0.15) is 17.7 Å². The van der Waals surface area contributed by atoms with Gasteiger partial charge in [0.15, 0.2) is 0 Å². The van der Waals surface area contributed by atoms with Crippen LogP contribution in [0, 0.1) is 0 Å². The number of carboxylic acids is 1. The van der Waals surface area contributed by atoms with Crippen LogP contribution >= 0.6 is 0 Å². The maximum atomic E-state index is 10.9. The molecular weight excluding hydrogens is 220 g/mol. The first-order valence-electron chi connectivity index (χ1n) is 5.16. The number of carbonyl (C=O) groups is 1. The van der Waals surface area contributed by atoms with E-state index in [-0.39, 0.29) is 5.56 Å². The first-order chi connectivity index (χ1) is 8.27. The molecule has 2 heterocycles. The third-order valence-electron chi connectivity index (χ3n) is 2.31. The zero-order chi connectivity index (χ0) is 12.1. The van der Waals surface area contributed by atoms with Gasteiger partial charge >= 0.3 is 5.97 Å². The second-order valence-corrected chi connectivity index (χ2v) is 3.49. The highest BCUT2D eigenvalue weighted by molar-refractivity contribution is 5.92. The third kappa shape index (κ3) is 2.81. The van der Waals surface area contributed by atoms with Crippen LogP contribution in [0.1, 0.15) is 15.9 Å². The van der Waals surface area contributed by atoms with Crippen molar-refractivity contribution in [2.24, 2.45) is 0 Å². The molecule has 0 bridgehead atoms. The average molecular weight is 232 g/mol. The molecule has 0 radical (unpaired) electrons. The van der Waals surface area contributed by atoms with Crippen molar-refractivity contribution in [2.45, 2.75) is 6.42 Å². The van der Waals surface area contributed by atoms with E-state index in [2.05, 4.69) is 20.3 Å². The van der Waals surface area contributed by atoms with E-state index in [1.54, 1.807) is 0 Å². The number of carboxylic acid groups (broad SMARTS) is 1. The highest BCUT2D eigenvalue weighted by Crippen LogP contribution is 2.09. The zero-order valence-corrected chi connectivity index (χ0v) is 9.05. The lowest BCUT2D eigenvalue weighted by molar-refractivity contribution is 0.0697. The van der Waals surface area contributed by atoms with Gasteiger partial charge in [0.05, 0.1) is 0 Å². The molecule has 0 saturated heterocycles. The molecule has 6 heteroatoms. The Morgan fingerprint density at radius 3 is 3.12 bits per heavy atom. The molecule has 0 saturated carbocycles. The fourth-order valence-electron chi connectivity index (χ4n) is 1.47. The second-order valence-electron chi connectivity index (χ2n) is 3.49. The van der Waals surface area contributed by atoms with Crippen LogP contribution in [0.3, 0.4) is 0 Å². The van der Waals surface area contributed by atoms with Crippen LogP contribution in [0.15, 0.2) is 31.0 Å². The van der Waals surface area contributed by atoms with Crippen LogP contribution in [-0.4, -0.2) is 32.6 Å². The van der Waals surface area contributed by atoms with Crippen LogP contribution in [0.25, 0.3) is 0 Å². The number of anilines is 1. The Bertz CT molecular complexity index is 496. The summed E-state index contributed by atoms with van der Waals surface area (Å²) in [5, 5.41) is 11.9. The Morgan fingerprint density at radius 1 is 1.53 bits per heavy atom. The summed E-state index contributed by atoms with van der Waals surface area (Å²) in [5.74, 6) is -0.683. The Labute approximate surface area is 97.7 Å². The van der Waals surface area contributed by atoms with Gasteiger partial charge in [-0.2, -0.15) is 0 Å². The average Bonchev–Trinajstić information content (AvgIpc) is 2.82. The Balaban J connectivity index is 1.97. The van der Waals surface area contributed by atoms with Gasteiger partial charge < -0.3 is 15.4 Å². The highest BCUT2D eigenvalue weighted by atomic mass is 16.4. The Morgan fingerprint density at radius 2 is 2.41 bits per heavy atom. The largest absolute Gasteiger partial charge is 0.477 e. The number of aromatic nitrogens is 3. The molecule has 0 fully saturated rings. The summed E-state index contributed by atoms with van der Waals surface area (Å²) in [6, 6.07) is 1.97. The molecule has 3 N–H and O–H groups in total. The maximum Gasteiger partial charge on any atom is 0.341 e. The summed E-state index contributed by atoms with van der Waals surface area (Å²) in [5.41, 5.74) is 1.24. The fraction of sp³-hybridized carbons (Fsp3) is 0.182. The van der Waals surface area contributed by atoms with Gasteiger partial charge in [-0.25, -0.2) is 14.8 Å². The minimum absolute atomic E-state index is 0.0848. The second kappa shape index (κ2) is 5.11. The summed E-state index contributed by atoms with van der Waals surface area (Å²) >= 11 is 0. The van der Waals surface area contributed by atoms with E-state index in [0.717, 1.165) is 12.0 Å². The molecule has 0 unspecified atom stereocenters. The number of aromatic amines is 1. The molecule has 0 atom stereocenters. The molecule has 88 valence electrons. The number of nitrogens with zero attached hydrogens (tertiary/aromatic N) is 2. The summed E-state index contributed by atoms with van der Waals surface area (Å²) in [4.78, 5) is 21.4. The molecule has 0 aliphatic carbocycles. The third-order valence-corrected chi connectivity index (χ3v) is 2.31. The van der Waals surface area contributed by atoms with Gasteiger partial charge in [-0.15, -0.1) is 0 Å². The smallest absolute Gasteiger partial charge is 0.341 e. The number of H-pyrrole nitrogens is 1. The number of hydrogen-bond acceptors (Lipinski definition) is 4. The van der Waals surface area contributed by atoms with E-state index in [1.165, 1.54) is 12.5 Å². The predicted molar refractivity (Wildman–Crippen MR) is 62.0 cm³/mol. The minimum atomic E-state index is -1.03. The molecule has 6 nitrogen and oxygen atoms in total. The van der Waals surface area contributed by atoms with Crippen molar-refractivity contribution < 1.29 is 9.90 Å². The molecule has 0 aromatic carbocycles. The standard InChI is InChI=1S/C11H12N4O2/c16-11(17)9-6-13-7-15-10(9)14-4-2-8-1-3-12-5-8/h1,3,5-7,12H,2,4H2,(H,16,17)(H,13,14,15).